The number of hydrogen-bond acceptors (Lipinski definition) is 4. The Hall–Kier alpha value is -2.30. The van der Waals surface area contributed by atoms with Gasteiger partial charge in [0.05, 0.1) is 0 Å². The highest BCUT2D eigenvalue weighted by atomic mass is 35.5. The number of piperazine rings is 1. The lowest BCUT2D eigenvalue weighted by atomic mass is 9.91. The van der Waals surface area contributed by atoms with Crippen LogP contribution in [0.25, 0.3) is 0 Å². The Kier molecular flexibility index (Phi) is 4.70. The third kappa shape index (κ3) is 3.13. The van der Waals surface area contributed by atoms with Crippen LogP contribution in [-0.4, -0.2) is 42.6 Å². The molecule has 0 unspecified atom stereocenters. The third-order valence-corrected chi connectivity index (χ3v) is 5.73. The summed E-state index contributed by atoms with van der Waals surface area (Å²) in [5.41, 5.74) is 3.38. The van der Waals surface area contributed by atoms with Gasteiger partial charge in [0.2, 0.25) is 11.6 Å². The van der Waals surface area contributed by atoms with Crippen LogP contribution < -0.4 is 4.90 Å². The number of hydrogen-bond donors (Lipinski definition) is 0. The van der Waals surface area contributed by atoms with Gasteiger partial charge in [-0.2, -0.15) is 0 Å². The van der Waals surface area contributed by atoms with Crippen molar-refractivity contribution in [3.05, 3.63) is 74.9 Å². The molecule has 2 aromatic carbocycles. The van der Waals surface area contributed by atoms with Gasteiger partial charge in [0.25, 0.3) is 0 Å². The van der Waals surface area contributed by atoms with Crippen molar-refractivity contribution in [2.24, 2.45) is 0 Å². The summed E-state index contributed by atoms with van der Waals surface area (Å²) in [4.78, 5) is 29.7. The topological polar surface area (TPSA) is 40.6 Å². The maximum atomic E-state index is 13.0. The van der Waals surface area contributed by atoms with Crippen molar-refractivity contribution in [3.63, 3.8) is 0 Å². The van der Waals surface area contributed by atoms with Crippen molar-refractivity contribution in [2.75, 3.05) is 31.1 Å². The molecule has 0 aromatic heterocycles. The van der Waals surface area contributed by atoms with Crippen molar-refractivity contribution >= 4 is 40.5 Å². The largest absolute Gasteiger partial charge is 0.368 e. The Morgan fingerprint density at radius 3 is 2.07 bits per heavy atom. The molecule has 0 amide bonds. The SMILES string of the molecule is Cc1ccc(Cl)cc1N1CCN(C2=C(Cl)C(=O)c3ccccc3C2=O)CC1. The fraction of sp³-hybridized carbons (Fsp3) is 0.238. The number of anilines is 1. The van der Waals surface area contributed by atoms with Crippen molar-refractivity contribution in [1.82, 2.24) is 4.90 Å². The highest BCUT2D eigenvalue weighted by Gasteiger charge is 2.35. The average Bonchev–Trinajstić information content (AvgIpc) is 2.69. The quantitative estimate of drug-likeness (QED) is 0.753. The molecule has 1 saturated heterocycles. The fourth-order valence-electron chi connectivity index (χ4n) is 3.71. The molecule has 138 valence electrons. The zero-order chi connectivity index (χ0) is 19.1. The Morgan fingerprint density at radius 2 is 1.41 bits per heavy atom. The van der Waals surface area contributed by atoms with E-state index in [0.717, 1.165) is 24.3 Å². The second-order valence-corrected chi connectivity index (χ2v) is 7.59. The van der Waals surface area contributed by atoms with E-state index in [1.807, 2.05) is 23.1 Å². The lowest BCUT2D eigenvalue weighted by molar-refractivity contribution is 0.0945. The first-order valence-corrected chi connectivity index (χ1v) is 9.57. The normalized spacial score (nSPS) is 17.4. The van der Waals surface area contributed by atoms with Crippen LogP contribution in [-0.2, 0) is 0 Å². The number of allylic oxidation sites excluding steroid dienone is 2. The van der Waals surface area contributed by atoms with Gasteiger partial charge in [-0.05, 0) is 24.6 Å². The number of carbonyl (C=O) groups is 2. The minimum Gasteiger partial charge on any atom is -0.368 e. The lowest BCUT2D eigenvalue weighted by Crippen LogP contribution is -2.48. The summed E-state index contributed by atoms with van der Waals surface area (Å²) >= 11 is 12.5. The van der Waals surface area contributed by atoms with E-state index in [4.69, 9.17) is 23.2 Å². The van der Waals surface area contributed by atoms with Crippen LogP contribution >= 0.6 is 23.2 Å². The van der Waals surface area contributed by atoms with Crippen LogP contribution in [0.15, 0.2) is 53.2 Å². The number of rotatable bonds is 2. The molecule has 27 heavy (non-hydrogen) atoms. The van der Waals surface area contributed by atoms with Gasteiger partial charge in [0.1, 0.15) is 10.7 Å². The predicted octanol–water partition coefficient (Wildman–Crippen LogP) is 4.30. The predicted molar refractivity (Wildman–Crippen MR) is 108 cm³/mol. The first kappa shape index (κ1) is 18.1. The average molecular weight is 401 g/mol. The van der Waals surface area contributed by atoms with Crippen LogP contribution in [0, 0.1) is 6.92 Å². The van der Waals surface area contributed by atoms with Crippen molar-refractivity contribution < 1.29 is 9.59 Å². The molecule has 0 saturated carbocycles. The highest BCUT2D eigenvalue weighted by molar-refractivity contribution is 6.49. The summed E-state index contributed by atoms with van der Waals surface area (Å²) in [6.45, 7) is 4.71. The second kappa shape index (κ2) is 7.02. The molecule has 2 aromatic rings. The second-order valence-electron chi connectivity index (χ2n) is 6.77. The molecule has 6 heteroatoms. The van der Waals surface area contributed by atoms with E-state index in [9.17, 15) is 9.59 Å². The number of fused-ring (bicyclic) bond motifs is 1. The maximum absolute atomic E-state index is 13.0. The highest BCUT2D eigenvalue weighted by Crippen LogP contribution is 2.32. The van der Waals surface area contributed by atoms with Crippen molar-refractivity contribution in [1.29, 1.82) is 0 Å². The first-order valence-electron chi connectivity index (χ1n) is 8.81. The first-order chi connectivity index (χ1) is 13.0. The number of ketones is 2. The molecule has 4 rings (SSSR count). The van der Waals surface area contributed by atoms with Gasteiger partial charge in [0.15, 0.2) is 0 Å². The number of nitrogens with zero attached hydrogens (tertiary/aromatic N) is 2. The molecule has 0 N–H and O–H groups in total. The molecule has 1 aliphatic carbocycles. The molecule has 0 spiro atoms. The van der Waals surface area contributed by atoms with E-state index in [1.165, 1.54) is 0 Å². The lowest BCUT2D eigenvalue weighted by Gasteiger charge is -2.39. The molecule has 1 aliphatic heterocycles. The number of halogens is 2. The number of aryl methyl sites for hydroxylation is 1. The van der Waals surface area contributed by atoms with Crippen LogP contribution in [0.5, 0.6) is 0 Å². The van der Waals surface area contributed by atoms with E-state index in [-0.39, 0.29) is 16.6 Å². The van der Waals surface area contributed by atoms with Gasteiger partial charge in [-0.25, -0.2) is 0 Å². The van der Waals surface area contributed by atoms with E-state index < -0.39 is 0 Å². The summed E-state index contributed by atoms with van der Waals surface area (Å²) in [5, 5.41) is 0.722. The van der Waals surface area contributed by atoms with E-state index in [0.29, 0.717) is 34.9 Å². The van der Waals surface area contributed by atoms with Crippen molar-refractivity contribution in [3.8, 4) is 0 Å². The summed E-state index contributed by atoms with van der Waals surface area (Å²) in [6.07, 6.45) is 0. The summed E-state index contributed by atoms with van der Waals surface area (Å²) in [6, 6.07) is 12.7. The minimum atomic E-state index is -0.282. The minimum absolute atomic E-state index is 0.0195. The number of benzene rings is 2. The fourth-order valence-corrected chi connectivity index (χ4v) is 4.18. The smallest absolute Gasteiger partial charge is 0.211 e. The summed E-state index contributed by atoms with van der Waals surface area (Å²) in [7, 11) is 0. The maximum Gasteiger partial charge on any atom is 0.211 e. The molecule has 1 heterocycles. The summed E-state index contributed by atoms with van der Waals surface area (Å²) in [5.74, 6) is -0.461. The van der Waals surface area contributed by atoms with Gasteiger partial charge in [-0.15, -0.1) is 0 Å². The van der Waals surface area contributed by atoms with Gasteiger partial charge >= 0.3 is 0 Å². The van der Waals surface area contributed by atoms with Gasteiger partial charge in [0, 0.05) is 48.0 Å². The molecule has 0 bridgehead atoms. The van der Waals surface area contributed by atoms with Crippen molar-refractivity contribution in [2.45, 2.75) is 6.92 Å². The zero-order valence-corrected chi connectivity index (χ0v) is 16.3. The zero-order valence-electron chi connectivity index (χ0n) is 14.8. The Morgan fingerprint density at radius 1 is 0.815 bits per heavy atom. The Balaban J connectivity index is 1.58. The monoisotopic (exact) mass is 400 g/mol. The molecule has 0 radical (unpaired) electrons. The van der Waals surface area contributed by atoms with Gasteiger partial charge in [-0.3, -0.25) is 9.59 Å². The van der Waals surface area contributed by atoms with E-state index in [1.54, 1.807) is 24.3 Å². The van der Waals surface area contributed by atoms with Crippen LogP contribution in [0.2, 0.25) is 5.02 Å². The molecule has 0 atom stereocenters. The van der Waals surface area contributed by atoms with Crippen LogP contribution in [0.3, 0.4) is 0 Å². The number of Topliss-reactive ketones (excluding diaryl/α,β-unsaturated/α-hetero) is 2. The van der Waals surface area contributed by atoms with Gasteiger partial charge < -0.3 is 9.80 Å². The number of carbonyl (C=O) groups excluding carboxylic acids is 2. The molecular weight excluding hydrogens is 383 g/mol. The molecule has 1 fully saturated rings. The standard InChI is InChI=1S/C21H18Cl2N2O2/c1-13-6-7-14(22)12-17(13)24-8-10-25(11-9-24)19-18(23)20(26)15-4-2-3-5-16(15)21(19)27/h2-7,12H,8-11H2,1H3. The van der Waals surface area contributed by atoms with Crippen LogP contribution in [0.4, 0.5) is 5.69 Å². The van der Waals surface area contributed by atoms with E-state index >= 15 is 0 Å². The molecule has 2 aliphatic rings. The van der Waals surface area contributed by atoms with Crippen LogP contribution in [0.1, 0.15) is 26.3 Å². The third-order valence-electron chi connectivity index (χ3n) is 5.15. The summed E-state index contributed by atoms with van der Waals surface area (Å²) < 4.78 is 0. The molecule has 4 nitrogen and oxygen atoms in total. The Bertz CT molecular complexity index is 976. The Labute approximate surface area is 168 Å². The van der Waals surface area contributed by atoms with E-state index in [2.05, 4.69) is 11.8 Å². The molecular formula is C21H18Cl2N2O2. The van der Waals surface area contributed by atoms with Gasteiger partial charge in [-0.1, -0.05) is 53.5 Å².